The third-order valence-corrected chi connectivity index (χ3v) is 6.37. The summed E-state index contributed by atoms with van der Waals surface area (Å²) in [6.45, 7) is 2.96. The Kier molecular flexibility index (Phi) is 6.99. The molecule has 1 unspecified atom stereocenters. The molecule has 0 aliphatic carbocycles. The van der Waals surface area contributed by atoms with E-state index in [9.17, 15) is 13.5 Å². The van der Waals surface area contributed by atoms with Crippen LogP contribution < -0.4 is 4.74 Å². The van der Waals surface area contributed by atoms with Gasteiger partial charge in [0, 0.05) is 30.3 Å². The van der Waals surface area contributed by atoms with E-state index in [0.29, 0.717) is 34.7 Å². The van der Waals surface area contributed by atoms with Crippen LogP contribution in [0.5, 0.6) is 5.75 Å². The van der Waals surface area contributed by atoms with Crippen LogP contribution in [0, 0.1) is 5.92 Å². The van der Waals surface area contributed by atoms with Gasteiger partial charge in [-0.15, -0.1) is 0 Å². The number of nitrogens with zero attached hydrogens (tertiary/aromatic N) is 1. The highest BCUT2D eigenvalue weighted by Crippen LogP contribution is 2.23. The van der Waals surface area contributed by atoms with Gasteiger partial charge in [0.05, 0.1) is 17.6 Å². The summed E-state index contributed by atoms with van der Waals surface area (Å²) in [5.74, 6) is 1.04. The molecule has 1 aliphatic rings. The van der Waals surface area contributed by atoms with Crippen molar-refractivity contribution < 1.29 is 18.3 Å². The minimum Gasteiger partial charge on any atom is -0.493 e. The number of aliphatic hydroxyl groups excluding tert-OH is 1. The molecule has 28 heavy (non-hydrogen) atoms. The maximum absolute atomic E-state index is 11.5. The molecule has 1 N–H and O–H groups in total. The summed E-state index contributed by atoms with van der Waals surface area (Å²) in [5, 5.41) is 11.1. The van der Waals surface area contributed by atoms with E-state index in [-0.39, 0.29) is 0 Å². The van der Waals surface area contributed by atoms with Crippen molar-refractivity contribution in [3.63, 3.8) is 0 Å². The SMILES string of the molecule is CS(=O)(=O)c1ccc(OC[C@H]2CCCN(CC(O)c3cccc(Cl)c3)C2)cc1. The number of sulfone groups is 1. The minimum absolute atomic E-state index is 0.290. The van der Waals surface area contributed by atoms with Crippen LogP contribution in [0.2, 0.25) is 5.02 Å². The van der Waals surface area contributed by atoms with Crippen LogP contribution in [-0.2, 0) is 9.84 Å². The number of benzene rings is 2. The molecule has 2 aromatic carbocycles. The molecule has 0 aromatic heterocycles. The summed E-state index contributed by atoms with van der Waals surface area (Å²) in [6.07, 6.45) is 2.76. The van der Waals surface area contributed by atoms with Gasteiger partial charge in [-0.3, -0.25) is 0 Å². The maximum atomic E-state index is 11.5. The van der Waals surface area contributed by atoms with Gasteiger partial charge in [-0.25, -0.2) is 8.42 Å². The van der Waals surface area contributed by atoms with Crippen LogP contribution in [0.1, 0.15) is 24.5 Å². The van der Waals surface area contributed by atoms with Crippen LogP contribution in [-0.4, -0.2) is 50.9 Å². The van der Waals surface area contributed by atoms with Gasteiger partial charge in [-0.1, -0.05) is 23.7 Å². The largest absolute Gasteiger partial charge is 0.493 e. The average molecular weight is 424 g/mol. The number of halogens is 1. The molecule has 2 atom stereocenters. The number of aliphatic hydroxyl groups is 1. The second kappa shape index (κ2) is 9.27. The number of hydrogen-bond donors (Lipinski definition) is 1. The van der Waals surface area contributed by atoms with Crippen molar-refractivity contribution in [2.24, 2.45) is 5.92 Å². The lowest BCUT2D eigenvalue weighted by molar-refractivity contribution is 0.0714. The van der Waals surface area contributed by atoms with Crippen LogP contribution in [0.4, 0.5) is 0 Å². The number of likely N-dealkylation sites (tertiary alicyclic amines) is 1. The van der Waals surface area contributed by atoms with Crippen molar-refractivity contribution in [3.8, 4) is 5.75 Å². The number of piperidine rings is 1. The fraction of sp³-hybridized carbons (Fsp3) is 0.429. The van der Waals surface area contributed by atoms with Gasteiger partial charge in [0.1, 0.15) is 5.75 Å². The summed E-state index contributed by atoms with van der Waals surface area (Å²) in [5.41, 5.74) is 0.830. The number of ether oxygens (including phenoxy) is 1. The van der Waals surface area contributed by atoms with Gasteiger partial charge >= 0.3 is 0 Å². The topological polar surface area (TPSA) is 66.8 Å². The highest BCUT2D eigenvalue weighted by atomic mass is 35.5. The van der Waals surface area contributed by atoms with Gasteiger partial charge < -0.3 is 14.7 Å². The van der Waals surface area contributed by atoms with E-state index in [2.05, 4.69) is 4.90 Å². The molecule has 3 rings (SSSR count). The smallest absolute Gasteiger partial charge is 0.175 e. The van der Waals surface area contributed by atoms with Crippen molar-refractivity contribution in [3.05, 3.63) is 59.1 Å². The maximum Gasteiger partial charge on any atom is 0.175 e. The fourth-order valence-electron chi connectivity index (χ4n) is 3.51. The minimum atomic E-state index is -3.19. The molecule has 0 saturated carbocycles. The van der Waals surface area contributed by atoms with Crippen molar-refractivity contribution in [2.75, 3.05) is 32.5 Å². The van der Waals surface area contributed by atoms with E-state index >= 15 is 0 Å². The molecular weight excluding hydrogens is 398 g/mol. The number of hydrogen-bond acceptors (Lipinski definition) is 5. The summed E-state index contributed by atoms with van der Waals surface area (Å²) in [4.78, 5) is 2.55. The summed E-state index contributed by atoms with van der Waals surface area (Å²) in [6, 6.07) is 13.9. The molecule has 7 heteroatoms. The lowest BCUT2D eigenvalue weighted by Crippen LogP contribution is -2.39. The molecular formula is C21H26ClNO4S. The Hall–Kier alpha value is -1.60. The van der Waals surface area contributed by atoms with E-state index in [1.807, 2.05) is 12.1 Å². The normalized spacial score (nSPS) is 19.3. The summed E-state index contributed by atoms with van der Waals surface area (Å²) in [7, 11) is -3.19. The quantitative estimate of drug-likeness (QED) is 0.737. The van der Waals surface area contributed by atoms with Crippen LogP contribution in [0.25, 0.3) is 0 Å². The molecule has 0 amide bonds. The van der Waals surface area contributed by atoms with E-state index in [1.54, 1.807) is 36.4 Å². The number of rotatable bonds is 7. The Balaban J connectivity index is 1.51. The van der Waals surface area contributed by atoms with Crippen molar-refractivity contribution >= 4 is 21.4 Å². The molecule has 1 fully saturated rings. The second-order valence-corrected chi connectivity index (χ2v) is 9.85. The third-order valence-electron chi connectivity index (χ3n) is 5.01. The predicted molar refractivity (Wildman–Crippen MR) is 111 cm³/mol. The van der Waals surface area contributed by atoms with Crippen LogP contribution in [0.3, 0.4) is 0 Å². The third kappa shape index (κ3) is 5.95. The van der Waals surface area contributed by atoms with Gasteiger partial charge in [-0.2, -0.15) is 0 Å². The molecule has 2 aromatic rings. The fourth-order valence-corrected chi connectivity index (χ4v) is 4.34. The summed E-state index contributed by atoms with van der Waals surface area (Å²) < 4.78 is 28.9. The average Bonchev–Trinajstić information content (AvgIpc) is 2.66. The van der Waals surface area contributed by atoms with Gasteiger partial charge in [0.25, 0.3) is 0 Å². The second-order valence-electron chi connectivity index (χ2n) is 7.39. The standard InChI is InChI=1S/C21H26ClNO4S/c1-28(25,26)20-9-7-19(8-10-20)27-15-16-4-3-11-23(13-16)14-21(24)17-5-2-6-18(22)12-17/h2,5-10,12,16,21,24H,3-4,11,13-15H2,1H3/t16-,21?/m0/s1. The van der Waals surface area contributed by atoms with E-state index < -0.39 is 15.9 Å². The van der Waals surface area contributed by atoms with E-state index in [1.165, 1.54) is 6.26 Å². The zero-order valence-corrected chi connectivity index (χ0v) is 17.5. The molecule has 0 radical (unpaired) electrons. The summed E-state index contributed by atoms with van der Waals surface area (Å²) >= 11 is 6.01. The first-order valence-corrected chi connectivity index (χ1v) is 11.7. The number of β-amino-alcohol motifs (C(OH)–C–C–N with tert-alkyl or cyclic N) is 1. The monoisotopic (exact) mass is 423 g/mol. The predicted octanol–water partition coefficient (Wildman–Crippen LogP) is 3.57. The highest BCUT2D eigenvalue weighted by Gasteiger charge is 2.23. The zero-order chi connectivity index (χ0) is 20.1. The molecule has 152 valence electrons. The Morgan fingerprint density at radius 3 is 2.68 bits per heavy atom. The molecule has 1 saturated heterocycles. The Morgan fingerprint density at radius 1 is 1.25 bits per heavy atom. The van der Waals surface area contributed by atoms with Gasteiger partial charge in [0.2, 0.25) is 0 Å². The molecule has 5 nitrogen and oxygen atoms in total. The first-order chi connectivity index (χ1) is 13.3. The first-order valence-electron chi connectivity index (χ1n) is 9.40. The van der Waals surface area contributed by atoms with Gasteiger partial charge in [-0.05, 0) is 61.3 Å². The molecule has 1 heterocycles. The van der Waals surface area contributed by atoms with E-state index in [0.717, 1.165) is 31.5 Å². The van der Waals surface area contributed by atoms with Crippen molar-refractivity contribution in [2.45, 2.75) is 23.8 Å². The van der Waals surface area contributed by atoms with Gasteiger partial charge in [0.15, 0.2) is 9.84 Å². The van der Waals surface area contributed by atoms with Crippen molar-refractivity contribution in [1.82, 2.24) is 4.90 Å². The highest BCUT2D eigenvalue weighted by molar-refractivity contribution is 7.90. The first kappa shape index (κ1) is 21.1. The Labute approximate surface area is 171 Å². The molecule has 0 spiro atoms. The molecule has 0 bridgehead atoms. The van der Waals surface area contributed by atoms with Crippen LogP contribution in [0.15, 0.2) is 53.4 Å². The lowest BCUT2D eigenvalue weighted by Gasteiger charge is -2.33. The van der Waals surface area contributed by atoms with Crippen LogP contribution >= 0.6 is 11.6 Å². The lowest BCUT2D eigenvalue weighted by atomic mass is 9.98. The Morgan fingerprint density at radius 2 is 2.00 bits per heavy atom. The molecule has 1 aliphatic heterocycles. The zero-order valence-electron chi connectivity index (χ0n) is 15.9. The Bertz CT molecular complexity index is 886. The van der Waals surface area contributed by atoms with E-state index in [4.69, 9.17) is 16.3 Å². The van der Waals surface area contributed by atoms with Crippen molar-refractivity contribution in [1.29, 1.82) is 0 Å².